The summed E-state index contributed by atoms with van der Waals surface area (Å²) in [5, 5.41) is 32.2. The summed E-state index contributed by atoms with van der Waals surface area (Å²) < 4.78 is 75.2. The van der Waals surface area contributed by atoms with Gasteiger partial charge in [-0.25, -0.2) is 21.8 Å². The molecule has 20 heteroatoms. The zero-order valence-electron chi connectivity index (χ0n) is 21.9. The molecular formula is C21H18ClN3Na2O11S3. The van der Waals surface area contributed by atoms with Gasteiger partial charge in [0.2, 0.25) is 0 Å². The van der Waals surface area contributed by atoms with E-state index in [9.17, 15) is 31.8 Å². The van der Waals surface area contributed by atoms with Crippen LogP contribution in [0.25, 0.3) is 10.8 Å². The summed E-state index contributed by atoms with van der Waals surface area (Å²) >= 11 is 6.01. The minimum Gasteiger partial charge on any atom is -0.744 e. The predicted molar refractivity (Wildman–Crippen MR) is 137 cm³/mol. The molecule has 0 radical (unpaired) electrons. The van der Waals surface area contributed by atoms with Gasteiger partial charge >= 0.3 is 59.1 Å². The van der Waals surface area contributed by atoms with Gasteiger partial charge in [0.15, 0.2) is 22.0 Å². The van der Waals surface area contributed by atoms with Crippen LogP contribution < -0.4 is 69.1 Å². The van der Waals surface area contributed by atoms with E-state index in [1.165, 1.54) is 44.6 Å². The van der Waals surface area contributed by atoms with Crippen molar-refractivity contribution in [2.24, 2.45) is 15.2 Å². The number of nitrogens with zero attached hydrogens (tertiary/aromatic N) is 3. The number of rotatable bonds is 12. The first-order valence-electron chi connectivity index (χ1n) is 10.3. The molecule has 0 atom stereocenters. The normalized spacial score (nSPS) is 11.9. The van der Waals surface area contributed by atoms with Crippen LogP contribution in [0, 0.1) is 0 Å². The molecule has 3 rings (SSSR count). The standard InChI is InChI=1S/C21H20ClN3O11S3.2Na/c1-33-11-23-16-9-13(37-36-35-27)7-12-8-18(39(30,31)32)20(21(26)19(12)16)25-24-15-4-3-14(10-17(15)34-2)38(28,29)6-5-22;;/h3-4,7-11,26-27H,5-6H2,1-2H3,(H,30,31,32);;/q;2*+1/p-2. The van der Waals surface area contributed by atoms with Crippen LogP contribution >= 0.6 is 23.6 Å². The number of fused-ring (bicyclic) bond motifs is 1. The summed E-state index contributed by atoms with van der Waals surface area (Å²) in [6.07, 6.45) is 1.01. The van der Waals surface area contributed by atoms with Gasteiger partial charge in [0.05, 0.1) is 52.9 Å². The van der Waals surface area contributed by atoms with Gasteiger partial charge in [-0.3, -0.25) is 5.04 Å². The maximum atomic E-state index is 12.3. The average Bonchev–Trinajstić information content (AvgIpc) is 2.88. The van der Waals surface area contributed by atoms with Crippen LogP contribution in [0.5, 0.6) is 11.5 Å². The molecule has 0 saturated carbocycles. The van der Waals surface area contributed by atoms with Crippen molar-refractivity contribution < 1.29 is 110 Å². The number of ether oxygens (including phenoxy) is 2. The van der Waals surface area contributed by atoms with Crippen LogP contribution in [-0.4, -0.2) is 58.7 Å². The third-order valence-electron chi connectivity index (χ3n) is 4.94. The third kappa shape index (κ3) is 9.48. The van der Waals surface area contributed by atoms with Gasteiger partial charge in [-0.15, -0.1) is 21.8 Å². The van der Waals surface area contributed by atoms with E-state index in [1.807, 2.05) is 0 Å². The summed E-state index contributed by atoms with van der Waals surface area (Å²) in [5.41, 5.74) is -0.747. The number of alkyl halides is 1. The quantitative estimate of drug-likeness (QED) is 0.0244. The van der Waals surface area contributed by atoms with Crippen molar-refractivity contribution in [3.05, 3.63) is 36.4 Å². The number of sulfone groups is 1. The number of aliphatic imine (C=N–C) groups is 1. The van der Waals surface area contributed by atoms with Crippen LogP contribution in [0.1, 0.15) is 0 Å². The molecule has 3 aromatic rings. The number of aromatic hydroxyl groups is 1. The van der Waals surface area contributed by atoms with Gasteiger partial charge in [0.25, 0.3) is 0 Å². The molecule has 210 valence electrons. The van der Waals surface area contributed by atoms with E-state index >= 15 is 0 Å². The molecule has 0 aromatic heterocycles. The first-order valence-corrected chi connectivity index (χ1v) is 14.7. The molecule has 3 aromatic carbocycles. The molecule has 0 heterocycles. The topological polar surface area (TPSA) is 209 Å². The van der Waals surface area contributed by atoms with E-state index in [1.54, 1.807) is 0 Å². The summed E-state index contributed by atoms with van der Waals surface area (Å²) in [6, 6.07) is 7.20. The Morgan fingerprint density at radius 3 is 2.34 bits per heavy atom. The molecule has 14 nitrogen and oxygen atoms in total. The van der Waals surface area contributed by atoms with Gasteiger partial charge < -0.3 is 24.4 Å². The Balaban J connectivity index is 0.00000420. The van der Waals surface area contributed by atoms with Gasteiger partial charge in [0, 0.05) is 16.8 Å². The second kappa shape index (κ2) is 16.7. The zero-order chi connectivity index (χ0) is 28.8. The minimum absolute atomic E-state index is 0. The van der Waals surface area contributed by atoms with Gasteiger partial charge in [-0.05, 0) is 35.7 Å². The van der Waals surface area contributed by atoms with E-state index in [0.29, 0.717) is 12.0 Å². The smallest absolute Gasteiger partial charge is 0.744 e. The summed E-state index contributed by atoms with van der Waals surface area (Å²) in [7, 11) is -6.39. The molecule has 0 saturated heterocycles. The molecule has 0 aliphatic carbocycles. The molecule has 0 spiro atoms. The molecule has 0 unspecified atom stereocenters. The van der Waals surface area contributed by atoms with Crippen LogP contribution in [0.4, 0.5) is 17.1 Å². The molecule has 0 bridgehead atoms. The Kier molecular flexibility index (Phi) is 15.5. The Bertz CT molecular complexity index is 1660. The first kappa shape index (κ1) is 38.0. The van der Waals surface area contributed by atoms with Crippen molar-refractivity contribution in [3.8, 4) is 11.5 Å². The summed E-state index contributed by atoms with van der Waals surface area (Å²) in [6.45, 7) is 0. The monoisotopic (exact) mass is 665 g/mol. The van der Waals surface area contributed by atoms with Crippen LogP contribution in [0.2, 0.25) is 0 Å². The van der Waals surface area contributed by atoms with Gasteiger partial charge in [-0.2, -0.15) is 4.33 Å². The number of phenolic OH excluding ortho intramolecular Hbond substituents is 1. The van der Waals surface area contributed by atoms with Crippen LogP contribution in [0.15, 0.2) is 66.3 Å². The van der Waals surface area contributed by atoms with E-state index in [0.717, 1.165) is 12.5 Å². The zero-order valence-corrected chi connectivity index (χ0v) is 29.1. The maximum absolute atomic E-state index is 12.3. The summed E-state index contributed by atoms with van der Waals surface area (Å²) in [5.74, 6) is -1.27. The van der Waals surface area contributed by atoms with Gasteiger partial charge in [0.1, 0.15) is 27.2 Å². The predicted octanol–water partition coefficient (Wildman–Crippen LogP) is -2.57. The van der Waals surface area contributed by atoms with Crippen molar-refractivity contribution in [2.75, 3.05) is 25.9 Å². The van der Waals surface area contributed by atoms with E-state index in [-0.39, 0.29) is 108 Å². The summed E-state index contributed by atoms with van der Waals surface area (Å²) in [4.78, 5) is 3.19. The Morgan fingerprint density at radius 2 is 1.76 bits per heavy atom. The number of phenols is 1. The van der Waals surface area contributed by atoms with E-state index < -0.39 is 36.3 Å². The molecule has 1 N–H and O–H groups in total. The SMILES string of the molecule is COC=Nc1cc(SOO[O-])cc2cc(S(=O)(=O)[O-])c(N=Nc3ccc(S(=O)(=O)CCCl)cc3OC)c(O)c12.[Na+].[Na+]. The van der Waals surface area contributed by atoms with Crippen LogP contribution in [-0.2, 0) is 34.1 Å². The van der Waals surface area contributed by atoms with E-state index in [4.69, 9.17) is 21.1 Å². The molecular weight excluding hydrogens is 648 g/mol. The van der Waals surface area contributed by atoms with Crippen molar-refractivity contribution in [1.29, 1.82) is 0 Å². The number of halogens is 1. The van der Waals surface area contributed by atoms with Crippen molar-refractivity contribution in [1.82, 2.24) is 0 Å². The first-order chi connectivity index (χ1) is 18.5. The number of methoxy groups -OCH3 is 2. The fraction of sp³-hybridized carbons (Fsp3) is 0.190. The number of hydrogen-bond acceptors (Lipinski definition) is 15. The molecule has 0 fully saturated rings. The second-order valence-corrected chi connectivity index (χ2v) is 11.9. The number of azo groups is 1. The fourth-order valence-electron chi connectivity index (χ4n) is 3.30. The largest absolute Gasteiger partial charge is 1.00 e. The Labute approximate surface area is 288 Å². The fourth-order valence-corrected chi connectivity index (χ4v) is 5.99. The van der Waals surface area contributed by atoms with Crippen molar-refractivity contribution >= 4 is 77.8 Å². The Morgan fingerprint density at radius 1 is 1.05 bits per heavy atom. The molecule has 0 aliphatic rings. The minimum atomic E-state index is -5.22. The third-order valence-corrected chi connectivity index (χ3v) is 8.47. The Hall–Kier alpha value is -1.03. The molecule has 0 amide bonds. The van der Waals surface area contributed by atoms with Crippen LogP contribution in [0.3, 0.4) is 0 Å². The number of benzene rings is 3. The maximum Gasteiger partial charge on any atom is 1.00 e. The van der Waals surface area contributed by atoms with E-state index in [2.05, 4.69) is 24.6 Å². The second-order valence-electron chi connectivity index (χ2n) is 7.30. The number of hydrogen-bond donors (Lipinski definition) is 1. The molecule has 41 heavy (non-hydrogen) atoms. The molecule has 0 aliphatic heterocycles. The van der Waals surface area contributed by atoms with Crippen molar-refractivity contribution in [3.63, 3.8) is 0 Å². The van der Waals surface area contributed by atoms with Crippen molar-refractivity contribution in [2.45, 2.75) is 14.7 Å². The van der Waals surface area contributed by atoms with Gasteiger partial charge in [-0.1, -0.05) is 0 Å². The average molecular weight is 666 g/mol.